The molecule has 0 unspecified atom stereocenters. The van der Waals surface area contributed by atoms with Crippen LogP contribution in [0, 0.1) is 10.1 Å². The molecule has 0 spiro atoms. The number of nitrogens with zero attached hydrogens (tertiary/aromatic N) is 4. The van der Waals surface area contributed by atoms with E-state index in [-0.39, 0.29) is 23.2 Å². The van der Waals surface area contributed by atoms with E-state index < -0.39 is 4.92 Å². The van der Waals surface area contributed by atoms with E-state index in [9.17, 15) is 14.9 Å². The third-order valence-corrected chi connectivity index (χ3v) is 5.29. The van der Waals surface area contributed by atoms with Crippen LogP contribution < -0.4 is 5.43 Å². The average molecular weight is 450 g/mol. The van der Waals surface area contributed by atoms with E-state index in [1.165, 1.54) is 23.9 Å². The van der Waals surface area contributed by atoms with Crippen LogP contribution in [-0.4, -0.2) is 59.6 Å². The van der Waals surface area contributed by atoms with Gasteiger partial charge >= 0.3 is 0 Å². The molecule has 0 bridgehead atoms. The largest absolute Gasteiger partial charge is 0.297 e. The molecule has 0 aliphatic carbocycles. The molecule has 1 aliphatic heterocycles. The molecule has 8 nitrogen and oxygen atoms in total. The Labute approximate surface area is 184 Å². The van der Waals surface area contributed by atoms with Gasteiger partial charge in [0.25, 0.3) is 11.6 Å². The van der Waals surface area contributed by atoms with Gasteiger partial charge in [-0.1, -0.05) is 41.4 Å². The van der Waals surface area contributed by atoms with Crippen LogP contribution >= 0.6 is 23.2 Å². The first-order valence-corrected chi connectivity index (χ1v) is 10.1. The highest BCUT2D eigenvalue weighted by atomic mass is 35.5. The summed E-state index contributed by atoms with van der Waals surface area (Å²) < 4.78 is 0. The maximum atomic E-state index is 12.1. The molecular formula is C20H21Cl2N5O3. The van der Waals surface area contributed by atoms with Crippen molar-refractivity contribution in [1.29, 1.82) is 0 Å². The first-order valence-electron chi connectivity index (χ1n) is 9.36. The molecule has 1 aliphatic rings. The Morgan fingerprint density at radius 3 is 2.43 bits per heavy atom. The zero-order valence-electron chi connectivity index (χ0n) is 16.1. The SMILES string of the molecule is O=C(CN1CCN(Cc2ccc(Cl)cc2)CC1)NN=Cc1ccc(Cl)c([N+](=O)[O-])c1. The number of hydrogen-bond donors (Lipinski definition) is 1. The van der Waals surface area contributed by atoms with Crippen molar-refractivity contribution in [2.24, 2.45) is 5.10 Å². The molecule has 30 heavy (non-hydrogen) atoms. The molecule has 2 aromatic carbocycles. The second-order valence-electron chi connectivity index (χ2n) is 6.94. The van der Waals surface area contributed by atoms with Crippen molar-refractivity contribution in [3.8, 4) is 0 Å². The van der Waals surface area contributed by atoms with Crippen LogP contribution in [0.2, 0.25) is 10.0 Å². The first-order chi connectivity index (χ1) is 14.4. The quantitative estimate of drug-likeness (QED) is 0.398. The molecule has 0 aromatic heterocycles. The minimum atomic E-state index is -0.565. The Kier molecular flexibility index (Phi) is 7.75. The number of nitro groups is 1. The number of carbonyl (C=O) groups is 1. The highest BCUT2D eigenvalue weighted by Crippen LogP contribution is 2.24. The van der Waals surface area contributed by atoms with Crippen LogP contribution in [0.15, 0.2) is 47.6 Å². The lowest BCUT2D eigenvalue weighted by molar-refractivity contribution is -0.384. The second-order valence-corrected chi connectivity index (χ2v) is 7.78. The van der Waals surface area contributed by atoms with Gasteiger partial charge in [0, 0.05) is 49.4 Å². The van der Waals surface area contributed by atoms with Crippen molar-refractivity contribution < 1.29 is 9.72 Å². The smallest absolute Gasteiger partial charge is 0.288 e. The van der Waals surface area contributed by atoms with Gasteiger partial charge in [0.05, 0.1) is 17.7 Å². The van der Waals surface area contributed by atoms with Crippen LogP contribution in [0.1, 0.15) is 11.1 Å². The molecule has 1 amide bonds. The van der Waals surface area contributed by atoms with Crippen LogP contribution in [0.25, 0.3) is 0 Å². The molecule has 1 fully saturated rings. The summed E-state index contributed by atoms with van der Waals surface area (Å²) in [6.07, 6.45) is 1.35. The molecule has 0 radical (unpaired) electrons. The van der Waals surface area contributed by atoms with E-state index in [4.69, 9.17) is 23.2 Å². The number of hydrogen-bond acceptors (Lipinski definition) is 6. The molecule has 1 heterocycles. The minimum Gasteiger partial charge on any atom is -0.297 e. The van der Waals surface area contributed by atoms with Crippen molar-refractivity contribution in [2.45, 2.75) is 6.54 Å². The fourth-order valence-corrected chi connectivity index (χ4v) is 3.43. The minimum absolute atomic E-state index is 0.0522. The van der Waals surface area contributed by atoms with E-state index in [0.717, 1.165) is 37.7 Å². The Hall–Kier alpha value is -2.52. The Balaban J connectivity index is 1.41. The summed E-state index contributed by atoms with van der Waals surface area (Å²) in [5, 5.41) is 15.6. The van der Waals surface area contributed by atoms with Gasteiger partial charge in [-0.3, -0.25) is 24.7 Å². The van der Waals surface area contributed by atoms with Crippen molar-refractivity contribution in [1.82, 2.24) is 15.2 Å². The number of rotatable bonds is 7. The lowest BCUT2D eigenvalue weighted by atomic mass is 10.2. The molecule has 0 atom stereocenters. The normalized spacial score (nSPS) is 15.4. The molecule has 158 valence electrons. The summed E-state index contributed by atoms with van der Waals surface area (Å²) in [5.41, 5.74) is 3.94. The maximum Gasteiger partial charge on any atom is 0.288 e. The molecular weight excluding hydrogens is 429 g/mol. The number of piperazine rings is 1. The summed E-state index contributed by atoms with van der Waals surface area (Å²) in [6, 6.07) is 12.1. The Morgan fingerprint density at radius 2 is 1.77 bits per heavy atom. The van der Waals surface area contributed by atoms with Crippen LogP contribution in [0.5, 0.6) is 0 Å². The molecule has 10 heteroatoms. The fraction of sp³-hybridized carbons (Fsp3) is 0.300. The summed E-state index contributed by atoms with van der Waals surface area (Å²) in [5.74, 6) is -0.235. The van der Waals surface area contributed by atoms with Crippen LogP contribution in [0.3, 0.4) is 0 Å². The van der Waals surface area contributed by atoms with E-state index >= 15 is 0 Å². The lowest BCUT2D eigenvalue weighted by Crippen LogP contribution is -2.48. The van der Waals surface area contributed by atoms with Gasteiger partial charge in [0.15, 0.2) is 0 Å². The first kappa shape index (κ1) is 22.2. The van der Waals surface area contributed by atoms with Crippen molar-refractivity contribution in [3.05, 3.63) is 73.8 Å². The standard InChI is InChI=1S/C20H21Cl2N5O3/c21-17-4-1-15(2-5-17)13-25-7-9-26(10-8-25)14-20(28)24-23-12-16-3-6-18(22)19(11-16)27(29)30/h1-6,11-12H,7-10,13-14H2,(H,24,28). The maximum absolute atomic E-state index is 12.1. The fourth-order valence-electron chi connectivity index (χ4n) is 3.12. The summed E-state index contributed by atoms with van der Waals surface area (Å²) in [4.78, 5) is 26.9. The molecule has 3 rings (SSSR count). The summed E-state index contributed by atoms with van der Waals surface area (Å²) in [7, 11) is 0. The predicted octanol–water partition coefficient (Wildman–Crippen LogP) is 3.17. The zero-order chi connectivity index (χ0) is 21.5. The number of nitro benzene ring substituents is 1. The lowest BCUT2D eigenvalue weighted by Gasteiger charge is -2.34. The number of nitrogens with one attached hydrogen (secondary N) is 1. The van der Waals surface area contributed by atoms with Gasteiger partial charge in [-0.05, 0) is 23.8 Å². The van der Waals surface area contributed by atoms with E-state index in [1.54, 1.807) is 6.07 Å². The number of benzene rings is 2. The van der Waals surface area contributed by atoms with E-state index in [1.807, 2.05) is 24.3 Å². The number of carbonyl (C=O) groups excluding carboxylic acids is 1. The zero-order valence-corrected chi connectivity index (χ0v) is 17.6. The Bertz CT molecular complexity index is 929. The third-order valence-electron chi connectivity index (χ3n) is 4.72. The molecule has 0 saturated carbocycles. The van der Waals surface area contributed by atoms with Gasteiger partial charge in [0.2, 0.25) is 0 Å². The van der Waals surface area contributed by atoms with Crippen molar-refractivity contribution >= 4 is 41.0 Å². The molecule has 1 saturated heterocycles. The monoisotopic (exact) mass is 449 g/mol. The average Bonchev–Trinajstić information content (AvgIpc) is 2.72. The van der Waals surface area contributed by atoms with Crippen LogP contribution in [0.4, 0.5) is 5.69 Å². The number of halogens is 2. The van der Waals surface area contributed by atoms with Crippen LogP contribution in [-0.2, 0) is 11.3 Å². The second kappa shape index (κ2) is 10.5. The van der Waals surface area contributed by atoms with E-state index in [2.05, 4.69) is 20.3 Å². The number of amides is 1. The molecule has 2 aromatic rings. The number of hydrazone groups is 1. The van der Waals surface area contributed by atoms with Gasteiger partial charge in [-0.15, -0.1) is 0 Å². The molecule has 1 N–H and O–H groups in total. The van der Waals surface area contributed by atoms with Gasteiger partial charge in [-0.25, -0.2) is 5.43 Å². The van der Waals surface area contributed by atoms with Gasteiger partial charge < -0.3 is 0 Å². The highest BCUT2D eigenvalue weighted by Gasteiger charge is 2.19. The van der Waals surface area contributed by atoms with Gasteiger partial charge in [0.1, 0.15) is 5.02 Å². The van der Waals surface area contributed by atoms with Gasteiger partial charge in [-0.2, -0.15) is 5.10 Å². The predicted molar refractivity (Wildman–Crippen MR) is 117 cm³/mol. The third kappa shape index (κ3) is 6.50. The Morgan fingerprint density at radius 1 is 1.10 bits per heavy atom. The van der Waals surface area contributed by atoms with Crippen molar-refractivity contribution in [2.75, 3.05) is 32.7 Å². The van der Waals surface area contributed by atoms with Crippen molar-refractivity contribution in [3.63, 3.8) is 0 Å². The topological polar surface area (TPSA) is 91.1 Å². The summed E-state index contributed by atoms with van der Waals surface area (Å²) in [6.45, 7) is 4.41. The summed E-state index contributed by atoms with van der Waals surface area (Å²) >= 11 is 11.7. The van der Waals surface area contributed by atoms with E-state index in [0.29, 0.717) is 5.56 Å². The highest BCUT2D eigenvalue weighted by molar-refractivity contribution is 6.32.